The van der Waals surface area contributed by atoms with Gasteiger partial charge in [0.25, 0.3) is 0 Å². The Morgan fingerprint density at radius 1 is 0.523 bits per heavy atom. The van der Waals surface area contributed by atoms with Gasteiger partial charge in [0.15, 0.2) is 6.29 Å². The molecule has 6 heteroatoms. The fraction of sp³-hybridized carbons (Fsp3) is 0.0526. The first kappa shape index (κ1) is 27.0. The molecule has 0 spiro atoms. The lowest BCUT2D eigenvalue weighted by atomic mass is 10.0. The van der Waals surface area contributed by atoms with Crippen LogP contribution in [0.5, 0.6) is 0 Å². The van der Waals surface area contributed by atoms with Crippen molar-refractivity contribution in [1.82, 2.24) is 19.9 Å². The van der Waals surface area contributed by atoms with Crippen molar-refractivity contribution in [2.75, 3.05) is 0 Å². The molecule has 2 aliphatic heterocycles. The van der Waals surface area contributed by atoms with Crippen LogP contribution in [-0.2, 0) is 4.79 Å². The van der Waals surface area contributed by atoms with Crippen LogP contribution >= 0.6 is 0 Å². The zero-order valence-electron chi connectivity index (χ0n) is 24.3. The van der Waals surface area contributed by atoms with Crippen molar-refractivity contribution >= 4 is 65.0 Å². The van der Waals surface area contributed by atoms with Gasteiger partial charge in [0.2, 0.25) is 0 Å². The fourth-order valence-corrected chi connectivity index (χ4v) is 5.73. The number of aromatic amines is 2. The van der Waals surface area contributed by atoms with Gasteiger partial charge in [-0.1, -0.05) is 59.7 Å². The number of H-pyrrole nitrogens is 2. The first-order chi connectivity index (χ1) is 21.5. The van der Waals surface area contributed by atoms with E-state index in [-0.39, 0.29) is 0 Å². The number of hydrogen-bond acceptors (Lipinski definition) is 4. The van der Waals surface area contributed by atoms with Crippen LogP contribution in [0.15, 0.2) is 78.9 Å². The second-order valence-electron chi connectivity index (χ2n) is 10.9. The van der Waals surface area contributed by atoms with E-state index in [4.69, 9.17) is 9.97 Å². The minimum Gasteiger partial charge on any atom is -0.354 e. The maximum atomic E-state index is 12.5. The van der Waals surface area contributed by atoms with Crippen LogP contribution in [0.4, 0.5) is 0 Å². The molecule has 0 saturated carbocycles. The molecular weight excluding hydrogens is 544 g/mol. The molecule has 0 aliphatic carbocycles. The standard InChI is InChI=1S/C38H28N4O2/c1-23-5-9-25(10-6-23)37-33-17-13-29(39-33)27(4-3-21-43)30-14-18-34(40-30)38(26-11-7-24(2)8-12-26)36-20-16-32(42-36)28(22-44)31-15-19-35(37)41-31/h3-22,39,42H,1-2H3/b4-3+,29-27?,30-27?,31-28?,32-28?,37-33?,37-35?,38-34?,38-36?. The molecule has 0 fully saturated rings. The van der Waals surface area contributed by atoms with Crippen molar-refractivity contribution in [2.45, 2.75) is 13.8 Å². The maximum absolute atomic E-state index is 12.5. The monoisotopic (exact) mass is 572 g/mol. The SMILES string of the molecule is Cc1ccc(-c2c3nc(c(/C=C/C=O)c4ccc([nH]4)c(-c4ccc(C)cc4)c4nc(c(C=O)c5ccc2[nH]5)C=C4)C=C3)cc1. The van der Waals surface area contributed by atoms with Gasteiger partial charge in [0.05, 0.1) is 33.9 Å². The molecule has 7 rings (SSSR count). The van der Waals surface area contributed by atoms with Gasteiger partial charge in [-0.05, 0) is 85.7 Å². The van der Waals surface area contributed by atoms with Crippen molar-refractivity contribution < 1.29 is 9.59 Å². The minimum absolute atomic E-state index is 0.471. The molecule has 5 aromatic rings. The van der Waals surface area contributed by atoms with Gasteiger partial charge in [-0.25, -0.2) is 9.97 Å². The van der Waals surface area contributed by atoms with Crippen LogP contribution in [0.1, 0.15) is 49.8 Å². The number of benzene rings is 2. The summed E-state index contributed by atoms with van der Waals surface area (Å²) in [5, 5.41) is 0. The van der Waals surface area contributed by atoms with Crippen LogP contribution in [0.3, 0.4) is 0 Å². The summed E-state index contributed by atoms with van der Waals surface area (Å²) in [6.07, 6.45) is 12.7. The van der Waals surface area contributed by atoms with Crippen LogP contribution in [-0.4, -0.2) is 32.5 Å². The van der Waals surface area contributed by atoms with Crippen LogP contribution in [0, 0.1) is 13.8 Å². The lowest BCUT2D eigenvalue weighted by Crippen LogP contribution is -1.90. The smallest absolute Gasteiger partial charge is 0.154 e. The van der Waals surface area contributed by atoms with E-state index in [1.54, 1.807) is 6.08 Å². The van der Waals surface area contributed by atoms with E-state index in [1.165, 1.54) is 6.08 Å². The highest BCUT2D eigenvalue weighted by molar-refractivity contribution is 5.99. The lowest BCUT2D eigenvalue weighted by Gasteiger charge is -2.05. The summed E-state index contributed by atoms with van der Waals surface area (Å²) < 4.78 is 0. The highest BCUT2D eigenvalue weighted by atomic mass is 16.1. The predicted molar refractivity (Wildman–Crippen MR) is 180 cm³/mol. The molecule has 2 aliphatic rings. The molecule has 6 nitrogen and oxygen atoms in total. The first-order valence-corrected chi connectivity index (χ1v) is 14.4. The Morgan fingerprint density at radius 3 is 1.43 bits per heavy atom. The third kappa shape index (κ3) is 4.82. The molecular formula is C38H28N4O2. The Labute approximate surface area is 254 Å². The highest BCUT2D eigenvalue weighted by Crippen LogP contribution is 2.34. The lowest BCUT2D eigenvalue weighted by molar-refractivity contribution is -0.104. The Hall–Kier alpha value is -5.88. The average Bonchev–Trinajstić information content (AvgIpc) is 3.86. The Kier molecular flexibility index (Phi) is 6.79. The molecule has 0 saturated heterocycles. The number of carbonyl (C=O) groups excluding carboxylic acids is 2. The van der Waals surface area contributed by atoms with Crippen LogP contribution in [0.25, 0.3) is 74.7 Å². The molecule has 2 N–H and O–H groups in total. The third-order valence-electron chi connectivity index (χ3n) is 7.97. The number of fused-ring (bicyclic) bond motifs is 8. The predicted octanol–water partition coefficient (Wildman–Crippen LogP) is 8.63. The molecule has 5 heterocycles. The maximum Gasteiger partial charge on any atom is 0.154 e. The molecule has 44 heavy (non-hydrogen) atoms. The summed E-state index contributed by atoms with van der Waals surface area (Å²) in [6, 6.07) is 24.5. The van der Waals surface area contributed by atoms with E-state index in [9.17, 15) is 9.59 Å². The van der Waals surface area contributed by atoms with Crippen molar-refractivity contribution in [3.8, 4) is 22.3 Å². The normalized spacial score (nSPS) is 12.2. The van der Waals surface area contributed by atoms with Crippen LogP contribution in [0.2, 0.25) is 0 Å². The number of nitrogens with one attached hydrogen (secondary N) is 2. The number of aldehydes is 2. The zero-order valence-corrected chi connectivity index (χ0v) is 24.3. The minimum atomic E-state index is 0.471. The number of allylic oxidation sites excluding steroid dienone is 1. The first-order valence-electron chi connectivity index (χ1n) is 14.4. The quantitative estimate of drug-likeness (QED) is 0.160. The number of carbonyl (C=O) groups is 2. The van der Waals surface area contributed by atoms with Gasteiger partial charge >= 0.3 is 0 Å². The molecule has 212 valence electrons. The number of aryl methyl sites for hydroxylation is 2. The third-order valence-corrected chi connectivity index (χ3v) is 7.97. The summed E-state index contributed by atoms with van der Waals surface area (Å²) in [7, 11) is 0. The second kappa shape index (κ2) is 11.1. The number of hydrogen-bond donors (Lipinski definition) is 2. The van der Waals surface area contributed by atoms with E-state index in [0.717, 1.165) is 85.1 Å². The van der Waals surface area contributed by atoms with Crippen molar-refractivity contribution in [3.63, 3.8) is 0 Å². The Bertz CT molecular complexity index is 2170. The average molecular weight is 573 g/mol. The molecule has 0 amide bonds. The summed E-state index contributed by atoms with van der Waals surface area (Å²) in [4.78, 5) is 41.1. The van der Waals surface area contributed by atoms with E-state index >= 15 is 0 Å². The van der Waals surface area contributed by atoms with Crippen molar-refractivity contribution in [3.05, 3.63) is 124 Å². The Balaban J connectivity index is 1.66. The van der Waals surface area contributed by atoms with Gasteiger partial charge < -0.3 is 9.97 Å². The van der Waals surface area contributed by atoms with E-state index < -0.39 is 0 Å². The van der Waals surface area contributed by atoms with Gasteiger partial charge in [-0.15, -0.1) is 0 Å². The Morgan fingerprint density at radius 2 is 0.955 bits per heavy atom. The summed E-state index contributed by atoms with van der Waals surface area (Å²) >= 11 is 0. The van der Waals surface area contributed by atoms with E-state index in [0.29, 0.717) is 16.8 Å². The van der Waals surface area contributed by atoms with Crippen molar-refractivity contribution in [1.29, 1.82) is 0 Å². The zero-order chi connectivity index (χ0) is 30.2. The molecule has 8 bridgehead atoms. The van der Waals surface area contributed by atoms with Gasteiger partial charge in [0.1, 0.15) is 6.29 Å². The van der Waals surface area contributed by atoms with Crippen molar-refractivity contribution in [2.24, 2.45) is 0 Å². The molecule has 0 unspecified atom stereocenters. The fourth-order valence-electron chi connectivity index (χ4n) is 5.73. The number of rotatable bonds is 5. The summed E-state index contributed by atoms with van der Waals surface area (Å²) in [5.41, 5.74) is 13.3. The van der Waals surface area contributed by atoms with Gasteiger partial charge in [-0.2, -0.15) is 0 Å². The summed E-state index contributed by atoms with van der Waals surface area (Å²) in [5.74, 6) is 0. The second-order valence-corrected chi connectivity index (χ2v) is 10.9. The van der Waals surface area contributed by atoms with Gasteiger partial charge in [0, 0.05) is 33.2 Å². The van der Waals surface area contributed by atoms with Gasteiger partial charge in [-0.3, -0.25) is 9.59 Å². The van der Waals surface area contributed by atoms with Crippen LogP contribution < -0.4 is 0 Å². The molecule has 0 radical (unpaired) electrons. The number of nitrogens with zero attached hydrogens (tertiary/aromatic N) is 2. The molecule has 2 aromatic carbocycles. The van der Waals surface area contributed by atoms with E-state index in [1.807, 2.05) is 48.6 Å². The highest BCUT2D eigenvalue weighted by Gasteiger charge is 2.17. The summed E-state index contributed by atoms with van der Waals surface area (Å²) in [6.45, 7) is 4.11. The van der Waals surface area contributed by atoms with E-state index in [2.05, 4.69) is 72.3 Å². The molecule has 3 aromatic heterocycles. The topological polar surface area (TPSA) is 91.5 Å². The number of aromatic nitrogens is 4. The largest absolute Gasteiger partial charge is 0.354 e. The molecule has 0 atom stereocenters.